The number of nitrogens with zero attached hydrogens (tertiary/aromatic N) is 1. The molecule has 0 amide bonds. The van der Waals surface area contributed by atoms with Gasteiger partial charge in [0, 0.05) is 32.2 Å². The highest BCUT2D eigenvalue weighted by atomic mass is 32.2. The maximum Gasteiger partial charge on any atom is 0.0587 e. The molecule has 0 aromatic rings. The van der Waals surface area contributed by atoms with Gasteiger partial charge < -0.3 is 10.4 Å². The molecule has 84 valence electrons. The van der Waals surface area contributed by atoms with Crippen LogP contribution in [0, 0.1) is 0 Å². The third-order valence-electron chi connectivity index (χ3n) is 2.68. The first kappa shape index (κ1) is 12.3. The van der Waals surface area contributed by atoms with E-state index >= 15 is 0 Å². The van der Waals surface area contributed by atoms with Crippen LogP contribution in [0.15, 0.2) is 0 Å². The Balaban J connectivity index is 2.21. The van der Waals surface area contributed by atoms with Crippen LogP contribution in [0.3, 0.4) is 0 Å². The lowest BCUT2D eigenvalue weighted by Gasteiger charge is -2.33. The van der Waals surface area contributed by atoms with Crippen molar-refractivity contribution in [1.82, 2.24) is 10.2 Å². The van der Waals surface area contributed by atoms with Crippen LogP contribution in [0.1, 0.15) is 13.3 Å². The molecule has 0 aromatic heterocycles. The normalized spacial score (nSPS) is 21.0. The van der Waals surface area contributed by atoms with Crippen LogP contribution in [0.5, 0.6) is 0 Å². The van der Waals surface area contributed by atoms with Gasteiger partial charge in [0.05, 0.1) is 6.61 Å². The molecule has 1 saturated heterocycles. The summed E-state index contributed by atoms with van der Waals surface area (Å²) in [6.45, 7) is 6.80. The first-order valence-electron chi connectivity index (χ1n) is 5.51. The van der Waals surface area contributed by atoms with E-state index in [4.69, 9.17) is 0 Å². The lowest BCUT2D eigenvalue weighted by molar-refractivity contribution is 0.108. The third kappa shape index (κ3) is 4.17. The number of thioether (sulfide) groups is 1. The predicted molar refractivity (Wildman–Crippen MR) is 62.9 cm³/mol. The van der Waals surface area contributed by atoms with Crippen LogP contribution < -0.4 is 5.32 Å². The van der Waals surface area contributed by atoms with Crippen molar-refractivity contribution in [2.24, 2.45) is 0 Å². The molecule has 1 aliphatic rings. The van der Waals surface area contributed by atoms with Crippen LogP contribution in [-0.2, 0) is 0 Å². The molecule has 1 unspecified atom stereocenters. The molecule has 1 aliphatic heterocycles. The van der Waals surface area contributed by atoms with Crippen LogP contribution >= 0.6 is 11.8 Å². The molecule has 1 rings (SSSR count). The van der Waals surface area contributed by atoms with Gasteiger partial charge in [0.25, 0.3) is 0 Å². The summed E-state index contributed by atoms with van der Waals surface area (Å²) in [5.74, 6) is 2.35. The largest absolute Gasteiger partial charge is 0.395 e. The summed E-state index contributed by atoms with van der Waals surface area (Å²) in [7, 11) is 0. The standard InChI is InChI=1S/C10H22N2OS/c1-2-14-8-3-10(9-13)12-6-4-11-5-7-12/h10-11,13H,2-9H2,1H3. The minimum Gasteiger partial charge on any atom is -0.395 e. The van der Waals surface area contributed by atoms with Crippen molar-refractivity contribution in [3.63, 3.8) is 0 Å². The number of rotatable bonds is 6. The monoisotopic (exact) mass is 218 g/mol. The fourth-order valence-corrected chi connectivity index (χ4v) is 2.53. The van der Waals surface area contributed by atoms with Gasteiger partial charge in [-0.25, -0.2) is 0 Å². The molecular formula is C10H22N2OS. The lowest BCUT2D eigenvalue weighted by Crippen LogP contribution is -2.49. The highest BCUT2D eigenvalue weighted by Gasteiger charge is 2.18. The molecule has 1 heterocycles. The molecule has 0 radical (unpaired) electrons. The van der Waals surface area contributed by atoms with Crippen LogP contribution in [0.2, 0.25) is 0 Å². The smallest absolute Gasteiger partial charge is 0.0587 e. The van der Waals surface area contributed by atoms with Crippen molar-refractivity contribution in [3.8, 4) is 0 Å². The molecular weight excluding hydrogens is 196 g/mol. The zero-order chi connectivity index (χ0) is 10.2. The molecule has 0 spiro atoms. The van der Waals surface area contributed by atoms with Gasteiger partial charge >= 0.3 is 0 Å². The molecule has 4 heteroatoms. The molecule has 0 aliphatic carbocycles. The van der Waals surface area contributed by atoms with Gasteiger partial charge in [0.2, 0.25) is 0 Å². The number of aliphatic hydroxyl groups is 1. The second-order valence-electron chi connectivity index (χ2n) is 3.61. The zero-order valence-corrected chi connectivity index (χ0v) is 9.85. The van der Waals surface area contributed by atoms with Crippen molar-refractivity contribution >= 4 is 11.8 Å². The van der Waals surface area contributed by atoms with Crippen molar-refractivity contribution in [2.45, 2.75) is 19.4 Å². The fourth-order valence-electron chi connectivity index (χ4n) is 1.80. The Bertz CT molecular complexity index is 140. The molecule has 2 N–H and O–H groups in total. The summed E-state index contributed by atoms with van der Waals surface area (Å²) < 4.78 is 0. The number of hydrogen-bond donors (Lipinski definition) is 2. The Labute approximate surface area is 91.2 Å². The number of nitrogens with one attached hydrogen (secondary N) is 1. The van der Waals surface area contributed by atoms with E-state index in [1.807, 2.05) is 11.8 Å². The van der Waals surface area contributed by atoms with Crippen molar-refractivity contribution < 1.29 is 5.11 Å². The van der Waals surface area contributed by atoms with Gasteiger partial charge in [-0.15, -0.1) is 0 Å². The average molecular weight is 218 g/mol. The van der Waals surface area contributed by atoms with E-state index in [1.165, 1.54) is 11.5 Å². The second-order valence-corrected chi connectivity index (χ2v) is 5.00. The summed E-state index contributed by atoms with van der Waals surface area (Å²) in [6.07, 6.45) is 1.12. The zero-order valence-electron chi connectivity index (χ0n) is 9.04. The van der Waals surface area contributed by atoms with Crippen LogP contribution in [-0.4, -0.2) is 60.3 Å². The molecule has 0 saturated carbocycles. The highest BCUT2D eigenvalue weighted by Crippen LogP contribution is 2.10. The molecule has 14 heavy (non-hydrogen) atoms. The third-order valence-corrected chi connectivity index (χ3v) is 3.61. The lowest BCUT2D eigenvalue weighted by atomic mass is 10.2. The van der Waals surface area contributed by atoms with E-state index < -0.39 is 0 Å². The fraction of sp³-hybridized carbons (Fsp3) is 1.00. The maximum atomic E-state index is 9.31. The summed E-state index contributed by atoms with van der Waals surface area (Å²) in [5.41, 5.74) is 0. The van der Waals surface area contributed by atoms with Crippen molar-refractivity contribution in [1.29, 1.82) is 0 Å². The van der Waals surface area contributed by atoms with Crippen LogP contribution in [0.4, 0.5) is 0 Å². The molecule has 0 bridgehead atoms. The Hall–Kier alpha value is 0.230. The highest BCUT2D eigenvalue weighted by molar-refractivity contribution is 7.99. The first-order valence-corrected chi connectivity index (χ1v) is 6.67. The van der Waals surface area contributed by atoms with Crippen molar-refractivity contribution in [2.75, 3.05) is 44.3 Å². The van der Waals surface area contributed by atoms with Gasteiger partial charge in [-0.3, -0.25) is 4.90 Å². The van der Waals surface area contributed by atoms with E-state index in [0.717, 1.165) is 32.6 Å². The van der Waals surface area contributed by atoms with E-state index in [0.29, 0.717) is 12.6 Å². The second kappa shape index (κ2) is 7.51. The molecule has 3 nitrogen and oxygen atoms in total. The first-order chi connectivity index (χ1) is 6.88. The van der Waals surface area contributed by atoms with Gasteiger partial charge in [0.1, 0.15) is 0 Å². The Kier molecular flexibility index (Phi) is 6.60. The maximum absolute atomic E-state index is 9.31. The topological polar surface area (TPSA) is 35.5 Å². The Morgan fingerprint density at radius 1 is 1.43 bits per heavy atom. The van der Waals surface area contributed by atoms with Gasteiger partial charge in [-0.2, -0.15) is 11.8 Å². The summed E-state index contributed by atoms with van der Waals surface area (Å²) in [5, 5.41) is 12.6. The van der Waals surface area contributed by atoms with Gasteiger partial charge in [0.15, 0.2) is 0 Å². The van der Waals surface area contributed by atoms with E-state index in [9.17, 15) is 5.11 Å². The number of hydrogen-bond acceptors (Lipinski definition) is 4. The Morgan fingerprint density at radius 2 is 2.14 bits per heavy atom. The van der Waals surface area contributed by atoms with E-state index in [2.05, 4.69) is 17.1 Å². The summed E-state index contributed by atoms with van der Waals surface area (Å²) in [4.78, 5) is 2.41. The van der Waals surface area contributed by atoms with Gasteiger partial charge in [-0.05, 0) is 17.9 Å². The van der Waals surface area contributed by atoms with Gasteiger partial charge in [-0.1, -0.05) is 6.92 Å². The van der Waals surface area contributed by atoms with E-state index in [1.54, 1.807) is 0 Å². The SMILES string of the molecule is CCSCCC(CO)N1CCNCC1. The number of piperazine rings is 1. The van der Waals surface area contributed by atoms with Crippen molar-refractivity contribution in [3.05, 3.63) is 0 Å². The minimum absolute atomic E-state index is 0.310. The average Bonchev–Trinajstić information content (AvgIpc) is 2.26. The number of aliphatic hydroxyl groups excluding tert-OH is 1. The molecule has 1 atom stereocenters. The molecule has 1 fully saturated rings. The quantitative estimate of drug-likeness (QED) is 0.633. The van der Waals surface area contributed by atoms with E-state index in [-0.39, 0.29) is 0 Å². The Morgan fingerprint density at radius 3 is 2.71 bits per heavy atom. The van der Waals surface area contributed by atoms with Crippen LogP contribution in [0.25, 0.3) is 0 Å². The summed E-state index contributed by atoms with van der Waals surface area (Å²) in [6, 6.07) is 0.385. The summed E-state index contributed by atoms with van der Waals surface area (Å²) >= 11 is 1.96. The molecule has 0 aromatic carbocycles. The predicted octanol–water partition coefficient (Wildman–Crippen LogP) is 0.396. The minimum atomic E-state index is 0.310.